The van der Waals surface area contributed by atoms with Crippen molar-refractivity contribution in [2.75, 3.05) is 5.75 Å². The summed E-state index contributed by atoms with van der Waals surface area (Å²) in [6.45, 7) is 0. The van der Waals surface area contributed by atoms with Crippen LogP contribution in [-0.2, 0) is 4.79 Å². The topological polar surface area (TPSA) is 96.9 Å². The van der Waals surface area contributed by atoms with Gasteiger partial charge in [0.05, 0.1) is 5.75 Å². The van der Waals surface area contributed by atoms with Gasteiger partial charge in [-0.1, -0.05) is 72.4 Å². The van der Waals surface area contributed by atoms with Gasteiger partial charge in [0, 0.05) is 16.7 Å². The van der Waals surface area contributed by atoms with Gasteiger partial charge < -0.3 is 0 Å². The molecule has 33 heavy (non-hydrogen) atoms. The Morgan fingerprint density at radius 1 is 0.758 bits per heavy atom. The Morgan fingerprint density at radius 2 is 1.36 bits per heavy atom. The van der Waals surface area contributed by atoms with Crippen LogP contribution in [0.4, 0.5) is 4.39 Å². The standard InChI is InChI=1S/C24H18FN5O2S/c25-19-13-11-18(12-14-19)23(32)29-27-20(31)15-33-24-26-21(16-7-3-1-4-8-16)22(28-30-24)17-9-5-2-6-10-17/h1-14H,15H2,(H,27,31)(H,29,32). The second-order valence-corrected chi connectivity index (χ2v) is 7.76. The summed E-state index contributed by atoms with van der Waals surface area (Å²) in [6.07, 6.45) is 0. The van der Waals surface area contributed by atoms with Gasteiger partial charge in [0.1, 0.15) is 17.2 Å². The molecule has 0 spiro atoms. The average Bonchev–Trinajstić information content (AvgIpc) is 2.87. The van der Waals surface area contributed by atoms with Crippen molar-refractivity contribution in [1.29, 1.82) is 0 Å². The summed E-state index contributed by atoms with van der Waals surface area (Å²) in [5, 5.41) is 8.85. The number of carbonyl (C=O) groups is 2. The SMILES string of the molecule is O=C(CSc1nnc(-c2ccccc2)c(-c2ccccc2)n1)NNC(=O)c1ccc(F)cc1. The second-order valence-electron chi connectivity index (χ2n) is 6.82. The molecule has 0 atom stereocenters. The van der Waals surface area contributed by atoms with Crippen LogP contribution in [0.3, 0.4) is 0 Å². The van der Waals surface area contributed by atoms with Gasteiger partial charge in [-0.25, -0.2) is 9.37 Å². The minimum absolute atomic E-state index is 0.0374. The minimum Gasteiger partial charge on any atom is -0.272 e. The summed E-state index contributed by atoms with van der Waals surface area (Å²) in [5.74, 6) is -1.49. The number of thioether (sulfide) groups is 1. The van der Waals surface area contributed by atoms with E-state index in [2.05, 4.69) is 26.0 Å². The van der Waals surface area contributed by atoms with E-state index in [1.165, 1.54) is 24.3 Å². The van der Waals surface area contributed by atoms with Crippen LogP contribution in [-0.4, -0.2) is 32.7 Å². The van der Waals surface area contributed by atoms with E-state index in [1.54, 1.807) is 0 Å². The largest absolute Gasteiger partial charge is 0.272 e. The Kier molecular flexibility index (Phi) is 7.01. The molecule has 2 amide bonds. The summed E-state index contributed by atoms with van der Waals surface area (Å²) in [6, 6.07) is 24.2. The lowest BCUT2D eigenvalue weighted by molar-refractivity contribution is -0.119. The van der Waals surface area contributed by atoms with Crippen molar-refractivity contribution < 1.29 is 14.0 Å². The van der Waals surface area contributed by atoms with Crippen LogP contribution in [0.5, 0.6) is 0 Å². The maximum Gasteiger partial charge on any atom is 0.269 e. The van der Waals surface area contributed by atoms with Crippen LogP contribution in [0.1, 0.15) is 10.4 Å². The van der Waals surface area contributed by atoms with Crippen molar-refractivity contribution in [3.05, 3.63) is 96.3 Å². The first-order valence-electron chi connectivity index (χ1n) is 9.93. The number of amides is 2. The Morgan fingerprint density at radius 3 is 2.00 bits per heavy atom. The zero-order chi connectivity index (χ0) is 23.0. The zero-order valence-corrected chi connectivity index (χ0v) is 18.1. The van der Waals surface area contributed by atoms with Gasteiger partial charge >= 0.3 is 0 Å². The molecule has 0 saturated heterocycles. The van der Waals surface area contributed by atoms with Gasteiger partial charge in [-0.2, -0.15) is 0 Å². The third-order valence-corrected chi connectivity index (χ3v) is 5.35. The quantitative estimate of drug-likeness (QED) is 0.335. The molecule has 9 heteroatoms. The van der Waals surface area contributed by atoms with Crippen LogP contribution in [0.25, 0.3) is 22.5 Å². The number of carbonyl (C=O) groups excluding carboxylic acids is 2. The maximum absolute atomic E-state index is 13.0. The average molecular weight is 460 g/mol. The number of nitrogens with one attached hydrogen (secondary N) is 2. The number of hydrogen-bond donors (Lipinski definition) is 2. The molecule has 164 valence electrons. The molecule has 0 radical (unpaired) electrons. The smallest absolute Gasteiger partial charge is 0.269 e. The molecule has 0 aliphatic heterocycles. The van der Waals surface area contributed by atoms with Gasteiger partial charge in [-0.05, 0) is 24.3 Å². The lowest BCUT2D eigenvalue weighted by Crippen LogP contribution is -2.42. The van der Waals surface area contributed by atoms with Crippen LogP contribution >= 0.6 is 11.8 Å². The first-order valence-corrected chi connectivity index (χ1v) is 10.9. The fourth-order valence-corrected chi connectivity index (χ4v) is 3.51. The summed E-state index contributed by atoms with van der Waals surface area (Å²) in [4.78, 5) is 28.8. The van der Waals surface area contributed by atoms with E-state index in [0.29, 0.717) is 16.5 Å². The van der Waals surface area contributed by atoms with Crippen molar-refractivity contribution in [2.45, 2.75) is 5.16 Å². The molecule has 1 heterocycles. The second kappa shape index (κ2) is 10.5. The van der Waals surface area contributed by atoms with Crippen molar-refractivity contribution in [1.82, 2.24) is 26.0 Å². The van der Waals surface area contributed by atoms with Gasteiger partial charge in [0.15, 0.2) is 0 Å². The maximum atomic E-state index is 13.0. The molecule has 2 N–H and O–H groups in total. The van der Waals surface area contributed by atoms with E-state index in [-0.39, 0.29) is 11.3 Å². The molecule has 7 nitrogen and oxygen atoms in total. The van der Waals surface area contributed by atoms with E-state index < -0.39 is 17.6 Å². The lowest BCUT2D eigenvalue weighted by Gasteiger charge is -2.10. The molecule has 0 aliphatic rings. The van der Waals surface area contributed by atoms with Crippen LogP contribution < -0.4 is 10.9 Å². The summed E-state index contributed by atoms with van der Waals surface area (Å²) >= 11 is 1.09. The number of hydrogen-bond acceptors (Lipinski definition) is 6. The Balaban J connectivity index is 1.43. The Bertz CT molecular complexity index is 1260. The molecule has 0 unspecified atom stereocenters. The highest BCUT2D eigenvalue weighted by Gasteiger charge is 2.15. The first-order chi connectivity index (χ1) is 16.1. The van der Waals surface area contributed by atoms with Crippen molar-refractivity contribution in [3.63, 3.8) is 0 Å². The zero-order valence-electron chi connectivity index (χ0n) is 17.2. The molecule has 3 aromatic carbocycles. The normalized spacial score (nSPS) is 10.5. The molecule has 0 fully saturated rings. The first kappa shape index (κ1) is 22.1. The highest BCUT2D eigenvalue weighted by atomic mass is 32.2. The predicted molar refractivity (Wildman–Crippen MR) is 123 cm³/mol. The van der Waals surface area contributed by atoms with Crippen LogP contribution in [0.15, 0.2) is 90.1 Å². The van der Waals surface area contributed by atoms with Gasteiger partial charge in [0.2, 0.25) is 11.1 Å². The summed E-state index contributed by atoms with van der Waals surface area (Å²) in [7, 11) is 0. The van der Waals surface area contributed by atoms with E-state index >= 15 is 0 Å². The minimum atomic E-state index is -0.551. The fourth-order valence-electron chi connectivity index (χ4n) is 2.93. The lowest BCUT2D eigenvalue weighted by atomic mass is 10.0. The summed E-state index contributed by atoms with van der Waals surface area (Å²) < 4.78 is 13.0. The number of nitrogens with zero attached hydrogens (tertiary/aromatic N) is 3. The van der Waals surface area contributed by atoms with Gasteiger partial charge in [-0.3, -0.25) is 20.4 Å². The third kappa shape index (κ3) is 5.78. The Labute approximate surface area is 193 Å². The van der Waals surface area contributed by atoms with E-state index in [1.807, 2.05) is 60.7 Å². The molecular formula is C24H18FN5O2S. The van der Waals surface area contributed by atoms with E-state index in [9.17, 15) is 14.0 Å². The van der Waals surface area contributed by atoms with Crippen LogP contribution in [0.2, 0.25) is 0 Å². The molecule has 0 saturated carbocycles. The fraction of sp³-hybridized carbons (Fsp3) is 0.0417. The van der Waals surface area contributed by atoms with Crippen molar-refractivity contribution in [2.24, 2.45) is 0 Å². The molecule has 0 aliphatic carbocycles. The van der Waals surface area contributed by atoms with E-state index in [0.717, 1.165) is 22.9 Å². The third-order valence-electron chi connectivity index (χ3n) is 4.52. The molecule has 1 aromatic heterocycles. The van der Waals surface area contributed by atoms with E-state index in [4.69, 9.17) is 0 Å². The molecule has 0 bridgehead atoms. The van der Waals surface area contributed by atoms with Crippen LogP contribution in [0, 0.1) is 5.82 Å². The highest BCUT2D eigenvalue weighted by molar-refractivity contribution is 7.99. The molecule has 4 aromatic rings. The number of hydrazine groups is 1. The van der Waals surface area contributed by atoms with Crippen molar-refractivity contribution >= 4 is 23.6 Å². The molecular weight excluding hydrogens is 441 g/mol. The number of benzene rings is 3. The predicted octanol–water partition coefficient (Wildman–Crippen LogP) is 3.90. The summed E-state index contributed by atoms with van der Waals surface area (Å²) in [5.41, 5.74) is 7.89. The molecule has 4 rings (SSSR count). The number of rotatable bonds is 6. The highest BCUT2D eigenvalue weighted by Crippen LogP contribution is 2.29. The van der Waals surface area contributed by atoms with Gasteiger partial charge in [-0.15, -0.1) is 10.2 Å². The number of aromatic nitrogens is 3. The Hall–Kier alpha value is -4.11. The number of halogens is 1. The van der Waals surface area contributed by atoms with Gasteiger partial charge in [0.25, 0.3) is 5.91 Å². The van der Waals surface area contributed by atoms with Crippen molar-refractivity contribution in [3.8, 4) is 22.5 Å². The monoisotopic (exact) mass is 459 g/mol.